The molecule has 6 nitrogen and oxygen atoms in total. The molecule has 1 atom stereocenters. The van der Waals surface area contributed by atoms with Crippen molar-refractivity contribution in [1.82, 2.24) is 5.32 Å². The lowest BCUT2D eigenvalue weighted by molar-refractivity contribution is -0.123. The maximum atomic E-state index is 10.9. The summed E-state index contributed by atoms with van der Waals surface area (Å²) in [4.78, 5) is 21.1. The Morgan fingerprint density at radius 3 is 2.62 bits per heavy atom. The van der Waals surface area contributed by atoms with Crippen molar-refractivity contribution in [3.63, 3.8) is 0 Å². The van der Waals surface area contributed by atoms with Gasteiger partial charge in [0.15, 0.2) is 0 Å². The number of amides is 2. The van der Waals surface area contributed by atoms with Crippen LogP contribution in [-0.2, 0) is 14.3 Å². The van der Waals surface area contributed by atoms with Gasteiger partial charge in [-0.3, -0.25) is 9.59 Å². The lowest BCUT2D eigenvalue weighted by Gasteiger charge is -2.07. The van der Waals surface area contributed by atoms with Crippen molar-refractivity contribution in [2.24, 2.45) is 11.5 Å². The summed E-state index contributed by atoms with van der Waals surface area (Å²) in [6, 6.07) is -0.531. The van der Waals surface area contributed by atoms with Gasteiger partial charge in [-0.05, 0) is 6.92 Å². The Bertz CT molecular complexity index is 182. The van der Waals surface area contributed by atoms with E-state index in [-0.39, 0.29) is 19.1 Å². The molecule has 0 spiro atoms. The lowest BCUT2D eigenvalue weighted by atomic mass is 10.3. The molecule has 2 amide bonds. The third-order valence-electron chi connectivity index (χ3n) is 1.20. The maximum absolute atomic E-state index is 10.9. The number of nitrogens with two attached hydrogens (primary N) is 2. The molecule has 0 aliphatic heterocycles. The Morgan fingerprint density at radius 1 is 1.54 bits per heavy atom. The first-order chi connectivity index (χ1) is 6.04. The number of rotatable bonds is 6. The van der Waals surface area contributed by atoms with Gasteiger partial charge in [-0.2, -0.15) is 0 Å². The number of hydrogen-bond donors (Lipinski definition) is 3. The van der Waals surface area contributed by atoms with E-state index in [1.807, 2.05) is 0 Å². The standard InChI is InChI=1S/C7H15N3O3/c1-5(8)7(12)10-2-3-13-4-6(9)11/h5H,2-4,8H2,1H3,(H2,9,11)(H,10,12)/t5-/m1/s1. The summed E-state index contributed by atoms with van der Waals surface area (Å²) in [7, 11) is 0. The second-order valence-electron chi connectivity index (χ2n) is 2.60. The highest BCUT2D eigenvalue weighted by Gasteiger charge is 2.04. The Labute approximate surface area is 76.6 Å². The third-order valence-corrected chi connectivity index (χ3v) is 1.20. The SMILES string of the molecule is C[C@@H](N)C(=O)NCCOCC(N)=O. The van der Waals surface area contributed by atoms with Crippen LogP contribution in [0.4, 0.5) is 0 Å². The fourth-order valence-corrected chi connectivity index (χ4v) is 0.580. The zero-order chi connectivity index (χ0) is 10.3. The van der Waals surface area contributed by atoms with Crippen LogP contribution in [0, 0.1) is 0 Å². The van der Waals surface area contributed by atoms with Gasteiger partial charge in [-0.25, -0.2) is 0 Å². The highest BCUT2D eigenvalue weighted by atomic mass is 16.5. The molecule has 0 saturated heterocycles. The van der Waals surface area contributed by atoms with Crippen LogP contribution < -0.4 is 16.8 Å². The Hall–Kier alpha value is -1.14. The largest absolute Gasteiger partial charge is 0.370 e. The van der Waals surface area contributed by atoms with E-state index in [1.165, 1.54) is 0 Å². The van der Waals surface area contributed by atoms with E-state index in [2.05, 4.69) is 5.32 Å². The van der Waals surface area contributed by atoms with Crippen LogP contribution in [0.1, 0.15) is 6.92 Å². The summed E-state index contributed by atoms with van der Waals surface area (Å²) in [5, 5.41) is 2.51. The number of carbonyl (C=O) groups excluding carboxylic acids is 2. The van der Waals surface area contributed by atoms with Gasteiger partial charge in [0.1, 0.15) is 6.61 Å². The first kappa shape index (κ1) is 11.9. The van der Waals surface area contributed by atoms with Gasteiger partial charge >= 0.3 is 0 Å². The van der Waals surface area contributed by atoms with Gasteiger partial charge in [0.05, 0.1) is 12.6 Å². The van der Waals surface area contributed by atoms with Crippen LogP contribution >= 0.6 is 0 Å². The van der Waals surface area contributed by atoms with Crippen molar-refractivity contribution in [2.45, 2.75) is 13.0 Å². The molecule has 0 saturated carbocycles. The van der Waals surface area contributed by atoms with Crippen LogP contribution in [0.3, 0.4) is 0 Å². The molecule has 0 bridgehead atoms. The van der Waals surface area contributed by atoms with Gasteiger partial charge in [0.2, 0.25) is 11.8 Å². The van der Waals surface area contributed by atoms with Crippen LogP contribution in [0.25, 0.3) is 0 Å². The molecule has 0 aliphatic carbocycles. The second-order valence-corrected chi connectivity index (χ2v) is 2.60. The van der Waals surface area contributed by atoms with Gasteiger partial charge in [0, 0.05) is 6.54 Å². The summed E-state index contributed by atoms with van der Waals surface area (Å²) in [6.07, 6.45) is 0. The highest BCUT2D eigenvalue weighted by molar-refractivity contribution is 5.80. The van der Waals surface area contributed by atoms with Crippen LogP contribution in [0.5, 0.6) is 0 Å². The molecular weight excluding hydrogens is 174 g/mol. The average molecular weight is 189 g/mol. The third kappa shape index (κ3) is 7.23. The van der Waals surface area contributed by atoms with Crippen LogP contribution in [0.2, 0.25) is 0 Å². The number of ether oxygens (including phenoxy) is 1. The number of carbonyl (C=O) groups is 2. The first-order valence-electron chi connectivity index (χ1n) is 3.93. The molecule has 0 fully saturated rings. The summed E-state index contributed by atoms with van der Waals surface area (Å²) in [5.41, 5.74) is 10.1. The smallest absolute Gasteiger partial charge is 0.243 e. The molecule has 0 aromatic heterocycles. The van der Waals surface area contributed by atoms with Crippen molar-refractivity contribution < 1.29 is 14.3 Å². The molecule has 6 heteroatoms. The van der Waals surface area contributed by atoms with E-state index >= 15 is 0 Å². The Morgan fingerprint density at radius 2 is 2.15 bits per heavy atom. The summed E-state index contributed by atoms with van der Waals surface area (Å²) in [5.74, 6) is -0.777. The first-order valence-corrected chi connectivity index (χ1v) is 3.93. The van der Waals surface area contributed by atoms with E-state index in [0.717, 1.165) is 0 Å². The van der Waals surface area contributed by atoms with Crippen LogP contribution in [-0.4, -0.2) is 37.6 Å². The fourth-order valence-electron chi connectivity index (χ4n) is 0.580. The minimum atomic E-state index is -0.531. The van der Waals surface area contributed by atoms with E-state index in [0.29, 0.717) is 6.54 Å². The van der Waals surface area contributed by atoms with E-state index < -0.39 is 11.9 Å². The lowest BCUT2D eigenvalue weighted by Crippen LogP contribution is -2.39. The molecule has 0 aromatic carbocycles. The number of primary amides is 1. The average Bonchev–Trinajstić information content (AvgIpc) is 2.02. The quantitative estimate of drug-likeness (QED) is 0.418. The molecule has 76 valence electrons. The van der Waals surface area contributed by atoms with Gasteiger partial charge in [-0.15, -0.1) is 0 Å². The predicted octanol–water partition coefficient (Wildman–Crippen LogP) is -2.05. The predicted molar refractivity (Wildman–Crippen MR) is 46.7 cm³/mol. The molecule has 0 aromatic rings. The molecule has 5 N–H and O–H groups in total. The molecule has 0 unspecified atom stereocenters. The van der Waals surface area contributed by atoms with E-state index in [1.54, 1.807) is 6.92 Å². The molecular formula is C7H15N3O3. The zero-order valence-corrected chi connectivity index (χ0v) is 7.58. The monoisotopic (exact) mass is 189 g/mol. The zero-order valence-electron chi connectivity index (χ0n) is 7.58. The van der Waals surface area contributed by atoms with Crippen molar-refractivity contribution in [2.75, 3.05) is 19.8 Å². The van der Waals surface area contributed by atoms with E-state index in [4.69, 9.17) is 16.2 Å². The number of nitrogens with one attached hydrogen (secondary N) is 1. The van der Waals surface area contributed by atoms with Gasteiger partial charge < -0.3 is 21.5 Å². The summed E-state index contributed by atoms with van der Waals surface area (Å²) in [6.45, 7) is 2.03. The Kier molecular flexibility index (Phi) is 5.82. The minimum Gasteiger partial charge on any atom is -0.370 e. The normalized spacial score (nSPS) is 12.2. The molecule has 0 radical (unpaired) electrons. The van der Waals surface area contributed by atoms with Crippen LogP contribution in [0.15, 0.2) is 0 Å². The van der Waals surface area contributed by atoms with Crippen molar-refractivity contribution >= 4 is 11.8 Å². The fraction of sp³-hybridized carbons (Fsp3) is 0.714. The molecule has 0 aliphatic rings. The summed E-state index contributed by atoms with van der Waals surface area (Å²) >= 11 is 0. The second kappa shape index (κ2) is 6.38. The van der Waals surface area contributed by atoms with Crippen molar-refractivity contribution in [1.29, 1.82) is 0 Å². The highest BCUT2D eigenvalue weighted by Crippen LogP contribution is 1.76. The topological polar surface area (TPSA) is 107 Å². The molecule has 13 heavy (non-hydrogen) atoms. The van der Waals surface area contributed by atoms with Crippen molar-refractivity contribution in [3.8, 4) is 0 Å². The minimum absolute atomic E-state index is 0.131. The van der Waals surface area contributed by atoms with E-state index in [9.17, 15) is 9.59 Å². The van der Waals surface area contributed by atoms with Gasteiger partial charge in [0.25, 0.3) is 0 Å². The van der Waals surface area contributed by atoms with Gasteiger partial charge in [-0.1, -0.05) is 0 Å². The van der Waals surface area contributed by atoms with Crippen molar-refractivity contribution in [3.05, 3.63) is 0 Å². The molecule has 0 heterocycles. The molecule has 0 rings (SSSR count). The maximum Gasteiger partial charge on any atom is 0.243 e. The Balaban J connectivity index is 3.26. The summed E-state index contributed by atoms with van der Waals surface area (Å²) < 4.78 is 4.80. The number of hydrogen-bond acceptors (Lipinski definition) is 4.